The number of fused-ring (bicyclic) bond motifs is 1. The van der Waals surface area contributed by atoms with Crippen molar-refractivity contribution in [1.29, 1.82) is 0 Å². The van der Waals surface area contributed by atoms with E-state index in [9.17, 15) is 26.2 Å². The SMILES string of the molecule is CCCCOP(=O)(OCCCC)C1(NS(=O)(=O)CC)C=C(S(=O)(=O)c2ccc(Cl)cc2)C(=O)c2ccccc21. The van der Waals surface area contributed by atoms with Gasteiger partial charge in [0.15, 0.2) is 5.28 Å². The van der Waals surface area contributed by atoms with Crippen molar-refractivity contribution >= 4 is 44.8 Å². The van der Waals surface area contributed by atoms with Crippen molar-refractivity contribution in [2.45, 2.75) is 56.6 Å². The minimum atomic E-state index is -4.56. The zero-order valence-electron chi connectivity index (χ0n) is 22.1. The Morgan fingerprint density at radius 2 is 1.46 bits per heavy atom. The lowest BCUT2D eigenvalue weighted by atomic mass is 9.92. The summed E-state index contributed by atoms with van der Waals surface area (Å²) in [4.78, 5) is 12.7. The summed E-state index contributed by atoms with van der Waals surface area (Å²) in [6.45, 7) is 5.09. The third-order valence-electron chi connectivity index (χ3n) is 6.20. The normalized spacial score (nSPS) is 18.1. The number of unbranched alkanes of at least 4 members (excludes halogenated alkanes) is 2. The number of sulfone groups is 1. The molecule has 0 heterocycles. The first-order valence-corrected chi connectivity index (χ1v) is 17.7. The molecule has 1 aliphatic rings. The Morgan fingerprint density at radius 1 is 0.897 bits per heavy atom. The molecule has 0 saturated carbocycles. The smallest absolute Gasteiger partial charge is 0.307 e. The van der Waals surface area contributed by atoms with E-state index in [0.717, 1.165) is 6.08 Å². The molecule has 2 aromatic rings. The highest BCUT2D eigenvalue weighted by molar-refractivity contribution is 7.96. The van der Waals surface area contributed by atoms with Gasteiger partial charge in [0, 0.05) is 16.1 Å². The minimum Gasteiger partial charge on any atom is -0.307 e. The number of halogens is 1. The van der Waals surface area contributed by atoms with Crippen LogP contribution in [0.1, 0.15) is 62.4 Å². The van der Waals surface area contributed by atoms with Gasteiger partial charge in [-0.1, -0.05) is 62.6 Å². The Balaban J connectivity index is 2.42. The molecule has 0 fully saturated rings. The van der Waals surface area contributed by atoms with Crippen molar-refractivity contribution in [3.63, 3.8) is 0 Å². The molecule has 39 heavy (non-hydrogen) atoms. The van der Waals surface area contributed by atoms with Crippen LogP contribution in [-0.2, 0) is 38.8 Å². The van der Waals surface area contributed by atoms with Crippen molar-refractivity contribution in [2.75, 3.05) is 19.0 Å². The third kappa shape index (κ3) is 6.56. The van der Waals surface area contributed by atoms with Crippen LogP contribution in [0.5, 0.6) is 0 Å². The van der Waals surface area contributed by atoms with Gasteiger partial charge in [-0.05, 0) is 50.1 Å². The zero-order valence-corrected chi connectivity index (χ0v) is 25.3. The van der Waals surface area contributed by atoms with Gasteiger partial charge >= 0.3 is 7.60 Å². The third-order valence-corrected chi connectivity index (χ3v) is 12.2. The second-order valence-corrected chi connectivity index (χ2v) is 15.6. The average Bonchev–Trinajstić information content (AvgIpc) is 2.90. The Bertz CT molecular complexity index is 1480. The summed E-state index contributed by atoms with van der Waals surface area (Å²) in [5.74, 6) is -1.29. The van der Waals surface area contributed by atoms with Gasteiger partial charge in [0.2, 0.25) is 25.6 Å². The van der Waals surface area contributed by atoms with Gasteiger partial charge in [-0.2, -0.15) is 4.72 Å². The maximum atomic E-state index is 14.8. The van der Waals surface area contributed by atoms with E-state index in [0.29, 0.717) is 25.7 Å². The van der Waals surface area contributed by atoms with Gasteiger partial charge in [0.1, 0.15) is 4.91 Å². The van der Waals surface area contributed by atoms with Crippen LogP contribution in [0.2, 0.25) is 5.02 Å². The minimum absolute atomic E-state index is 0.0154. The van der Waals surface area contributed by atoms with Gasteiger partial charge in [0.05, 0.1) is 23.9 Å². The monoisotopic (exact) mass is 617 g/mol. The highest BCUT2D eigenvalue weighted by atomic mass is 35.5. The van der Waals surface area contributed by atoms with E-state index < -0.39 is 49.2 Å². The maximum Gasteiger partial charge on any atom is 0.360 e. The lowest BCUT2D eigenvalue weighted by Gasteiger charge is -2.40. The van der Waals surface area contributed by atoms with Crippen LogP contribution in [0.4, 0.5) is 0 Å². The molecule has 13 heteroatoms. The fraction of sp³-hybridized carbons (Fsp3) is 0.423. The zero-order chi connectivity index (χ0) is 28.9. The number of hydrogen-bond acceptors (Lipinski definition) is 8. The molecule has 214 valence electrons. The summed E-state index contributed by atoms with van der Waals surface area (Å²) in [6.07, 6.45) is 3.23. The first kappa shape index (κ1) is 31.7. The Labute approximate surface area is 235 Å². The Kier molecular flexibility index (Phi) is 10.4. The number of ketones is 1. The van der Waals surface area contributed by atoms with Crippen LogP contribution >= 0.6 is 19.2 Å². The predicted molar refractivity (Wildman–Crippen MR) is 151 cm³/mol. The maximum absolute atomic E-state index is 14.8. The van der Waals surface area contributed by atoms with E-state index in [1.807, 2.05) is 13.8 Å². The van der Waals surface area contributed by atoms with Crippen LogP contribution in [0.3, 0.4) is 0 Å². The number of Topliss-reactive ketones (excluding diaryl/α,β-unsaturated/α-hetero) is 1. The van der Waals surface area contributed by atoms with E-state index in [2.05, 4.69) is 4.72 Å². The van der Waals surface area contributed by atoms with Crippen molar-refractivity contribution in [2.24, 2.45) is 0 Å². The molecular formula is C26H33ClNO8PS2. The average molecular weight is 618 g/mol. The first-order valence-electron chi connectivity index (χ1n) is 12.7. The number of carbonyl (C=O) groups excluding carboxylic acids is 1. The fourth-order valence-electron chi connectivity index (χ4n) is 3.99. The standard InChI is InChI=1S/C26H33ClNO8PS2/c1-4-7-17-35-37(30,36-18-8-5-2)26(28-38(31,32)6-3)19-24(25(29)22-11-9-10-12-23(22)26)39(33,34)21-15-13-20(27)14-16-21/h9-16,19,28H,4-8,17-18H2,1-3H3. The summed E-state index contributed by atoms with van der Waals surface area (Å²) >= 11 is 5.93. The lowest BCUT2D eigenvalue weighted by molar-refractivity contribution is 0.103. The number of carbonyl (C=O) groups is 1. The van der Waals surface area contributed by atoms with Crippen molar-refractivity contribution in [3.8, 4) is 0 Å². The number of nitrogens with one attached hydrogen (secondary N) is 1. The van der Waals surface area contributed by atoms with Crippen LogP contribution in [0.25, 0.3) is 0 Å². The number of sulfonamides is 1. The van der Waals surface area contributed by atoms with Crippen LogP contribution in [0.15, 0.2) is 64.4 Å². The summed E-state index contributed by atoms with van der Waals surface area (Å²) in [6, 6.07) is 11.0. The second-order valence-electron chi connectivity index (χ2n) is 8.98. The molecule has 0 spiro atoms. The molecule has 0 amide bonds. The molecule has 0 aliphatic heterocycles. The van der Waals surface area contributed by atoms with Crippen molar-refractivity contribution in [3.05, 3.63) is 75.7 Å². The van der Waals surface area contributed by atoms with Crippen LogP contribution in [-0.4, -0.2) is 41.6 Å². The van der Waals surface area contributed by atoms with Crippen molar-refractivity contribution < 1.29 is 35.2 Å². The highest BCUT2D eigenvalue weighted by Gasteiger charge is 2.58. The molecule has 3 rings (SSSR count). The number of rotatable bonds is 14. The number of benzene rings is 2. The Morgan fingerprint density at radius 3 is 2.00 bits per heavy atom. The van der Waals surface area contributed by atoms with Crippen molar-refractivity contribution in [1.82, 2.24) is 4.72 Å². The molecule has 0 bridgehead atoms. The van der Waals surface area contributed by atoms with Gasteiger partial charge in [-0.15, -0.1) is 0 Å². The molecule has 1 unspecified atom stereocenters. The fourth-order valence-corrected chi connectivity index (χ4v) is 9.29. The van der Waals surface area contributed by atoms with E-state index >= 15 is 0 Å². The van der Waals surface area contributed by atoms with E-state index in [1.165, 1.54) is 55.5 Å². The van der Waals surface area contributed by atoms with Gasteiger partial charge < -0.3 is 9.05 Å². The van der Waals surface area contributed by atoms with Gasteiger partial charge in [0.25, 0.3) is 0 Å². The molecule has 1 N–H and O–H groups in total. The molecular weight excluding hydrogens is 585 g/mol. The lowest BCUT2D eigenvalue weighted by Crippen LogP contribution is -2.49. The molecule has 0 radical (unpaired) electrons. The van der Waals surface area contributed by atoms with E-state index in [4.69, 9.17) is 20.6 Å². The van der Waals surface area contributed by atoms with E-state index in [-0.39, 0.29) is 34.3 Å². The number of allylic oxidation sites excluding steroid dienone is 1. The van der Waals surface area contributed by atoms with E-state index in [1.54, 1.807) is 0 Å². The van der Waals surface area contributed by atoms with Gasteiger partial charge in [-0.3, -0.25) is 9.36 Å². The Hall–Kier alpha value is -1.85. The quantitative estimate of drug-likeness (QED) is 0.207. The molecule has 1 aliphatic carbocycles. The highest BCUT2D eigenvalue weighted by Crippen LogP contribution is 2.67. The molecule has 2 aromatic carbocycles. The molecule has 9 nitrogen and oxygen atoms in total. The summed E-state index contributed by atoms with van der Waals surface area (Å²) in [5, 5.41) is -2.05. The topological polar surface area (TPSA) is 133 Å². The number of hydrogen-bond donors (Lipinski definition) is 1. The summed E-state index contributed by atoms with van der Waals surface area (Å²) < 4.78 is 82.8. The van der Waals surface area contributed by atoms with Crippen LogP contribution in [0, 0.1) is 0 Å². The predicted octanol–water partition coefficient (Wildman–Crippen LogP) is 5.81. The van der Waals surface area contributed by atoms with Crippen LogP contribution < -0.4 is 4.72 Å². The largest absolute Gasteiger partial charge is 0.360 e. The summed E-state index contributed by atoms with van der Waals surface area (Å²) in [5.41, 5.74) is -0.150. The molecule has 1 atom stereocenters. The summed E-state index contributed by atoms with van der Waals surface area (Å²) in [7, 11) is -13.3. The second kappa shape index (κ2) is 12.8. The molecule has 0 aromatic heterocycles. The van der Waals surface area contributed by atoms with Gasteiger partial charge in [-0.25, -0.2) is 16.8 Å². The molecule has 0 saturated heterocycles. The first-order chi connectivity index (χ1) is 18.4.